The average molecular weight is 366 g/mol. The minimum atomic E-state index is -0.514. The Balaban J connectivity index is 1.93. The van der Waals surface area contributed by atoms with E-state index >= 15 is 0 Å². The number of phenolic OH excluding ortho intramolecular Hbond substituents is 1. The van der Waals surface area contributed by atoms with E-state index in [1.807, 2.05) is 39.0 Å². The first-order valence-corrected chi connectivity index (χ1v) is 8.97. The van der Waals surface area contributed by atoms with E-state index in [0.29, 0.717) is 11.4 Å². The molecule has 0 atom stereocenters. The smallest absolute Gasteiger partial charge is 0.229 e. The second-order valence-corrected chi connectivity index (χ2v) is 8.85. The number of carbonyl (C=O) groups is 1. The number of nitrogens with zero attached hydrogens (tertiary/aromatic N) is 3. The highest BCUT2D eigenvalue weighted by atomic mass is 16.3. The van der Waals surface area contributed by atoms with Crippen molar-refractivity contribution in [3.63, 3.8) is 0 Å². The number of anilines is 1. The molecule has 3 rings (SSSR count). The summed E-state index contributed by atoms with van der Waals surface area (Å²) >= 11 is 0. The lowest BCUT2D eigenvalue weighted by Gasteiger charge is -2.18. The molecule has 27 heavy (non-hydrogen) atoms. The Morgan fingerprint density at radius 3 is 2.22 bits per heavy atom. The van der Waals surface area contributed by atoms with Crippen LogP contribution in [0.5, 0.6) is 5.75 Å². The minimum absolute atomic E-state index is 0.00180. The number of fused-ring (bicyclic) bond motifs is 1. The van der Waals surface area contributed by atoms with Gasteiger partial charge in [0.2, 0.25) is 5.91 Å². The van der Waals surface area contributed by atoms with Gasteiger partial charge in [0.25, 0.3) is 0 Å². The largest absolute Gasteiger partial charge is 0.506 e. The van der Waals surface area contributed by atoms with Gasteiger partial charge in [-0.1, -0.05) is 47.6 Å². The molecule has 2 aromatic carbocycles. The van der Waals surface area contributed by atoms with Crippen LogP contribution in [0.25, 0.3) is 16.7 Å². The van der Waals surface area contributed by atoms with Gasteiger partial charge in [0, 0.05) is 17.2 Å². The third-order valence-electron chi connectivity index (χ3n) is 4.38. The van der Waals surface area contributed by atoms with Gasteiger partial charge < -0.3 is 10.4 Å². The van der Waals surface area contributed by atoms with Crippen molar-refractivity contribution in [2.45, 2.75) is 47.0 Å². The molecule has 6 nitrogen and oxygen atoms in total. The van der Waals surface area contributed by atoms with Crippen LogP contribution in [0.3, 0.4) is 0 Å². The van der Waals surface area contributed by atoms with Crippen molar-refractivity contribution in [2.75, 3.05) is 5.32 Å². The summed E-state index contributed by atoms with van der Waals surface area (Å²) in [7, 11) is 0. The molecule has 0 aliphatic heterocycles. The fourth-order valence-electron chi connectivity index (χ4n) is 2.58. The monoisotopic (exact) mass is 366 g/mol. The van der Waals surface area contributed by atoms with Gasteiger partial charge in [0.15, 0.2) is 0 Å². The van der Waals surface area contributed by atoms with Crippen LogP contribution in [0.1, 0.15) is 47.1 Å². The van der Waals surface area contributed by atoms with Gasteiger partial charge in [0.1, 0.15) is 22.5 Å². The Morgan fingerprint density at radius 1 is 0.963 bits per heavy atom. The summed E-state index contributed by atoms with van der Waals surface area (Å²) in [4.78, 5) is 13.5. The van der Waals surface area contributed by atoms with Gasteiger partial charge in [-0.3, -0.25) is 4.79 Å². The highest BCUT2D eigenvalue weighted by Crippen LogP contribution is 2.28. The maximum Gasteiger partial charge on any atom is 0.229 e. The quantitative estimate of drug-likeness (QED) is 0.704. The van der Waals surface area contributed by atoms with E-state index in [-0.39, 0.29) is 17.1 Å². The first-order chi connectivity index (χ1) is 12.4. The lowest BCUT2D eigenvalue weighted by atomic mass is 9.87. The zero-order chi connectivity index (χ0) is 20.0. The molecule has 0 aliphatic carbocycles. The molecular formula is C21H26N4O2. The highest BCUT2D eigenvalue weighted by Gasteiger charge is 2.22. The van der Waals surface area contributed by atoms with Crippen LogP contribution in [0.4, 0.5) is 5.69 Å². The topological polar surface area (TPSA) is 80.0 Å². The number of aromatic nitrogens is 3. The standard InChI is InChI=1S/C21H26N4O2/c1-20(2,3)13-7-9-15-16(11-13)24-25(23-15)17-10-8-14(12-18(17)26)22-19(27)21(4,5)6/h7-12,26H,1-6H3,(H,22,27). The van der Waals surface area contributed by atoms with E-state index in [1.54, 1.807) is 12.1 Å². The van der Waals surface area contributed by atoms with Crippen LogP contribution in [0, 0.1) is 5.41 Å². The van der Waals surface area contributed by atoms with Crippen LogP contribution >= 0.6 is 0 Å². The molecule has 1 amide bonds. The lowest BCUT2D eigenvalue weighted by Crippen LogP contribution is -2.27. The van der Waals surface area contributed by atoms with E-state index in [1.165, 1.54) is 16.4 Å². The molecule has 0 unspecified atom stereocenters. The van der Waals surface area contributed by atoms with Crippen LogP contribution in [-0.4, -0.2) is 26.0 Å². The number of hydrogen-bond donors (Lipinski definition) is 2. The molecule has 0 spiro atoms. The Kier molecular flexibility index (Phi) is 4.46. The number of benzene rings is 2. The van der Waals surface area contributed by atoms with Crippen molar-refractivity contribution in [1.82, 2.24) is 15.0 Å². The molecular weight excluding hydrogens is 340 g/mol. The summed E-state index contributed by atoms with van der Waals surface area (Å²) in [6.45, 7) is 11.9. The predicted molar refractivity (Wildman–Crippen MR) is 107 cm³/mol. The van der Waals surface area contributed by atoms with Crippen molar-refractivity contribution in [3.05, 3.63) is 42.0 Å². The molecule has 0 saturated heterocycles. The lowest BCUT2D eigenvalue weighted by molar-refractivity contribution is -0.123. The molecule has 0 saturated carbocycles. The van der Waals surface area contributed by atoms with Crippen molar-refractivity contribution in [2.24, 2.45) is 5.41 Å². The number of rotatable bonds is 2. The predicted octanol–water partition coefficient (Wildman–Crippen LogP) is 4.41. The number of phenols is 1. The first-order valence-electron chi connectivity index (χ1n) is 8.97. The summed E-state index contributed by atoms with van der Waals surface area (Å²) in [5, 5.41) is 22.2. The minimum Gasteiger partial charge on any atom is -0.506 e. The Bertz CT molecular complexity index is 1010. The second kappa shape index (κ2) is 6.37. The van der Waals surface area contributed by atoms with Crippen molar-refractivity contribution >= 4 is 22.6 Å². The van der Waals surface area contributed by atoms with Crippen LogP contribution in [0.2, 0.25) is 0 Å². The maximum atomic E-state index is 12.1. The molecule has 0 bridgehead atoms. The number of carbonyl (C=O) groups excluding carboxylic acids is 1. The third-order valence-corrected chi connectivity index (χ3v) is 4.38. The third kappa shape index (κ3) is 3.94. The van der Waals surface area contributed by atoms with E-state index < -0.39 is 5.41 Å². The fourth-order valence-corrected chi connectivity index (χ4v) is 2.58. The molecule has 0 aliphatic rings. The number of aromatic hydroxyl groups is 1. The van der Waals surface area contributed by atoms with Gasteiger partial charge in [-0.05, 0) is 35.2 Å². The first kappa shape index (κ1) is 18.9. The van der Waals surface area contributed by atoms with Gasteiger partial charge in [-0.15, -0.1) is 15.0 Å². The second-order valence-electron chi connectivity index (χ2n) is 8.85. The van der Waals surface area contributed by atoms with Crippen LogP contribution < -0.4 is 5.32 Å². The SMILES string of the molecule is CC(C)(C)C(=O)Nc1ccc(-n2nc3ccc(C(C)(C)C)cc3n2)c(O)c1. The van der Waals surface area contributed by atoms with Gasteiger partial charge >= 0.3 is 0 Å². The number of hydrogen-bond acceptors (Lipinski definition) is 4. The van der Waals surface area contributed by atoms with Gasteiger partial charge in [0.05, 0.1) is 0 Å². The van der Waals surface area contributed by atoms with E-state index in [0.717, 1.165) is 11.0 Å². The number of nitrogens with one attached hydrogen (secondary N) is 1. The summed E-state index contributed by atoms with van der Waals surface area (Å²) in [6.07, 6.45) is 0. The molecule has 0 radical (unpaired) electrons. The highest BCUT2D eigenvalue weighted by molar-refractivity contribution is 5.94. The summed E-state index contributed by atoms with van der Waals surface area (Å²) in [5.41, 5.74) is 3.19. The van der Waals surface area contributed by atoms with Crippen LogP contribution in [0.15, 0.2) is 36.4 Å². The van der Waals surface area contributed by atoms with E-state index in [2.05, 4.69) is 36.3 Å². The molecule has 3 aromatic rings. The van der Waals surface area contributed by atoms with E-state index in [4.69, 9.17) is 0 Å². The van der Waals surface area contributed by atoms with Crippen molar-refractivity contribution < 1.29 is 9.90 Å². The molecule has 142 valence electrons. The molecule has 6 heteroatoms. The maximum absolute atomic E-state index is 12.1. The normalized spacial score (nSPS) is 12.4. The zero-order valence-electron chi connectivity index (χ0n) is 16.7. The zero-order valence-corrected chi connectivity index (χ0v) is 16.7. The summed E-state index contributed by atoms with van der Waals surface area (Å²) in [6, 6.07) is 10.9. The van der Waals surface area contributed by atoms with Gasteiger partial charge in [-0.2, -0.15) is 0 Å². The Hall–Kier alpha value is -2.89. The summed E-state index contributed by atoms with van der Waals surface area (Å²) in [5.74, 6) is -0.120. The van der Waals surface area contributed by atoms with E-state index in [9.17, 15) is 9.90 Å². The average Bonchev–Trinajstić information content (AvgIpc) is 2.95. The molecule has 1 aromatic heterocycles. The van der Waals surface area contributed by atoms with Gasteiger partial charge in [-0.25, -0.2) is 0 Å². The summed E-state index contributed by atoms with van der Waals surface area (Å²) < 4.78 is 0. The Morgan fingerprint density at radius 2 is 1.63 bits per heavy atom. The molecule has 2 N–H and O–H groups in total. The fraction of sp³-hybridized carbons (Fsp3) is 0.381. The number of amides is 1. The Labute approximate surface area is 159 Å². The molecule has 1 heterocycles. The van der Waals surface area contributed by atoms with Crippen molar-refractivity contribution in [3.8, 4) is 11.4 Å². The van der Waals surface area contributed by atoms with Crippen LogP contribution in [-0.2, 0) is 10.2 Å². The van der Waals surface area contributed by atoms with Crippen molar-refractivity contribution in [1.29, 1.82) is 0 Å². The molecule has 0 fully saturated rings.